The second-order valence-electron chi connectivity index (χ2n) is 8.60. The lowest BCUT2D eigenvalue weighted by Crippen LogP contribution is -2.31. The van der Waals surface area contributed by atoms with Crippen LogP contribution in [0.4, 0.5) is 0 Å². The molecule has 0 aromatic heterocycles. The van der Waals surface area contributed by atoms with Crippen molar-refractivity contribution in [2.24, 2.45) is 23.7 Å². The van der Waals surface area contributed by atoms with Gasteiger partial charge in [0.25, 0.3) is 0 Å². The second-order valence-corrected chi connectivity index (χ2v) is 8.60. The van der Waals surface area contributed by atoms with Crippen molar-refractivity contribution in [3.05, 3.63) is 58.2 Å². The molecule has 0 bridgehead atoms. The summed E-state index contributed by atoms with van der Waals surface area (Å²) in [6.07, 6.45) is 21.1. The van der Waals surface area contributed by atoms with Gasteiger partial charge in [0.2, 0.25) is 0 Å². The monoisotopic (exact) mass is 348 g/mol. The molecule has 4 atom stereocenters. The molecule has 0 aliphatic heterocycles. The van der Waals surface area contributed by atoms with E-state index in [9.17, 15) is 4.79 Å². The Morgan fingerprint density at radius 3 is 2.81 bits per heavy atom. The zero-order valence-corrected chi connectivity index (χ0v) is 15.7. The average Bonchev–Trinajstić information content (AvgIpc) is 2.71. The van der Waals surface area contributed by atoms with Crippen molar-refractivity contribution >= 4 is 5.97 Å². The van der Waals surface area contributed by atoms with E-state index in [0.29, 0.717) is 11.8 Å². The van der Waals surface area contributed by atoms with Crippen molar-refractivity contribution in [2.75, 3.05) is 7.11 Å². The van der Waals surface area contributed by atoms with Crippen LogP contribution in [0, 0.1) is 23.7 Å². The van der Waals surface area contributed by atoms with Crippen molar-refractivity contribution in [1.82, 2.24) is 0 Å². The molecule has 0 heterocycles. The van der Waals surface area contributed by atoms with Gasteiger partial charge in [0.15, 0.2) is 0 Å². The van der Waals surface area contributed by atoms with Crippen LogP contribution in [-0.4, -0.2) is 13.1 Å². The Hall–Kier alpha value is -1.83. The van der Waals surface area contributed by atoms with Crippen LogP contribution < -0.4 is 0 Å². The standard InChI is InChI=1S/C24H28O2/c1-26-24(25)17-7-6-16-9-11-21-20-10-8-15-4-2-3-5-18(15)19(20)12-13-22(21)23(16)14-17/h2-3,5,12-13,15-17,21H,4,6-11,14H2,1H3. The smallest absolute Gasteiger partial charge is 0.308 e. The highest BCUT2D eigenvalue weighted by molar-refractivity contribution is 5.73. The third-order valence-corrected chi connectivity index (χ3v) is 7.45. The zero-order valence-electron chi connectivity index (χ0n) is 15.7. The van der Waals surface area contributed by atoms with Gasteiger partial charge in [-0.2, -0.15) is 0 Å². The molecule has 5 aliphatic carbocycles. The van der Waals surface area contributed by atoms with Crippen LogP contribution in [0.25, 0.3) is 0 Å². The van der Waals surface area contributed by atoms with Crippen molar-refractivity contribution in [3.63, 3.8) is 0 Å². The lowest BCUT2D eigenvalue weighted by molar-refractivity contribution is -0.146. The molecule has 136 valence electrons. The van der Waals surface area contributed by atoms with Gasteiger partial charge in [-0.1, -0.05) is 41.5 Å². The molecular weight excluding hydrogens is 320 g/mol. The molecule has 0 aromatic rings. The maximum absolute atomic E-state index is 12.1. The lowest BCUT2D eigenvalue weighted by atomic mass is 9.62. The van der Waals surface area contributed by atoms with Crippen LogP contribution in [0.15, 0.2) is 58.2 Å². The van der Waals surface area contributed by atoms with Crippen LogP contribution in [-0.2, 0) is 9.53 Å². The molecule has 1 fully saturated rings. The fraction of sp³-hybridized carbons (Fsp3) is 0.542. The molecule has 0 amide bonds. The van der Waals surface area contributed by atoms with Crippen molar-refractivity contribution < 1.29 is 9.53 Å². The number of esters is 1. The summed E-state index contributed by atoms with van der Waals surface area (Å²) in [6, 6.07) is 0. The number of ether oxygens (including phenoxy) is 1. The number of methoxy groups -OCH3 is 1. The molecule has 0 aromatic carbocycles. The maximum atomic E-state index is 12.1. The van der Waals surface area contributed by atoms with Crippen LogP contribution >= 0.6 is 0 Å². The van der Waals surface area contributed by atoms with Crippen LogP contribution in [0.3, 0.4) is 0 Å². The van der Waals surface area contributed by atoms with Gasteiger partial charge < -0.3 is 4.74 Å². The molecule has 5 aliphatic rings. The summed E-state index contributed by atoms with van der Waals surface area (Å²) in [5, 5.41) is 0. The lowest BCUT2D eigenvalue weighted by Gasteiger charge is -2.43. The number of allylic oxidation sites excluding steroid dienone is 10. The van der Waals surface area contributed by atoms with E-state index in [-0.39, 0.29) is 11.9 Å². The molecule has 2 nitrogen and oxygen atoms in total. The van der Waals surface area contributed by atoms with E-state index >= 15 is 0 Å². The number of carbonyl (C=O) groups excluding carboxylic acids is 1. The van der Waals surface area contributed by atoms with Gasteiger partial charge in [-0.25, -0.2) is 0 Å². The molecule has 4 unspecified atom stereocenters. The van der Waals surface area contributed by atoms with Crippen molar-refractivity contribution in [1.29, 1.82) is 0 Å². The van der Waals surface area contributed by atoms with Crippen LogP contribution in [0.1, 0.15) is 51.4 Å². The Bertz CT molecular complexity index is 789. The molecule has 0 saturated heterocycles. The molecule has 26 heavy (non-hydrogen) atoms. The van der Waals surface area contributed by atoms with Crippen LogP contribution in [0.5, 0.6) is 0 Å². The van der Waals surface area contributed by atoms with Crippen LogP contribution in [0.2, 0.25) is 0 Å². The second kappa shape index (κ2) is 6.40. The molecule has 2 heteroatoms. The maximum Gasteiger partial charge on any atom is 0.308 e. The Balaban J connectivity index is 1.51. The minimum atomic E-state index is -0.0157. The number of rotatable bonds is 1. The first-order chi connectivity index (χ1) is 12.8. The molecule has 5 rings (SSSR count). The van der Waals surface area contributed by atoms with Crippen molar-refractivity contribution in [2.45, 2.75) is 51.4 Å². The van der Waals surface area contributed by atoms with Gasteiger partial charge in [-0.15, -0.1) is 0 Å². The Morgan fingerprint density at radius 2 is 1.92 bits per heavy atom. The highest BCUT2D eigenvalue weighted by Gasteiger charge is 2.40. The van der Waals surface area contributed by atoms with Gasteiger partial charge >= 0.3 is 5.97 Å². The molecular formula is C24H28O2. The largest absolute Gasteiger partial charge is 0.469 e. The molecule has 0 spiro atoms. The third kappa shape index (κ3) is 2.49. The predicted molar refractivity (Wildman–Crippen MR) is 103 cm³/mol. The van der Waals surface area contributed by atoms with E-state index in [1.54, 1.807) is 27.9 Å². The highest BCUT2D eigenvalue weighted by atomic mass is 16.5. The summed E-state index contributed by atoms with van der Waals surface area (Å²) in [4.78, 5) is 12.1. The highest BCUT2D eigenvalue weighted by Crippen LogP contribution is 2.52. The number of hydrogen-bond acceptors (Lipinski definition) is 2. The molecule has 1 saturated carbocycles. The normalized spacial score (nSPS) is 35.2. The first-order valence-corrected chi connectivity index (χ1v) is 10.3. The van der Waals surface area contributed by atoms with E-state index in [4.69, 9.17) is 4.74 Å². The minimum absolute atomic E-state index is 0.0157. The number of carbonyl (C=O) groups is 1. The van der Waals surface area contributed by atoms with E-state index in [2.05, 4.69) is 30.4 Å². The zero-order chi connectivity index (χ0) is 17.7. The quantitative estimate of drug-likeness (QED) is 0.589. The Morgan fingerprint density at radius 1 is 1.04 bits per heavy atom. The molecule has 0 N–H and O–H groups in total. The summed E-state index contributed by atoms with van der Waals surface area (Å²) in [6.45, 7) is 0. The summed E-state index contributed by atoms with van der Waals surface area (Å²) in [5.41, 5.74) is 7.93. The Kier molecular flexibility index (Phi) is 4.03. The average molecular weight is 348 g/mol. The third-order valence-electron chi connectivity index (χ3n) is 7.45. The Labute approximate surface area is 156 Å². The summed E-state index contributed by atoms with van der Waals surface area (Å²) in [5.74, 6) is 2.08. The van der Waals surface area contributed by atoms with E-state index in [0.717, 1.165) is 25.2 Å². The van der Waals surface area contributed by atoms with Gasteiger partial charge in [-0.05, 0) is 79.9 Å². The van der Waals surface area contributed by atoms with Gasteiger partial charge in [0, 0.05) is 5.92 Å². The first kappa shape index (κ1) is 16.4. The first-order valence-electron chi connectivity index (χ1n) is 10.3. The fourth-order valence-electron chi connectivity index (χ4n) is 6.13. The molecule has 0 radical (unpaired) electrons. The number of hydrogen-bond donors (Lipinski definition) is 0. The summed E-state index contributed by atoms with van der Waals surface area (Å²) in [7, 11) is 1.53. The van der Waals surface area contributed by atoms with E-state index < -0.39 is 0 Å². The SMILES string of the molecule is COC(=O)C1CCC2CCC3C(=C2C1)C=CC1=C3CCC2CC=CC=C12. The van der Waals surface area contributed by atoms with Crippen molar-refractivity contribution in [3.8, 4) is 0 Å². The van der Waals surface area contributed by atoms with E-state index in [1.165, 1.54) is 39.2 Å². The predicted octanol–water partition coefficient (Wildman–Crippen LogP) is 5.45. The number of fused-ring (bicyclic) bond motifs is 5. The summed E-state index contributed by atoms with van der Waals surface area (Å²) >= 11 is 0. The topological polar surface area (TPSA) is 26.3 Å². The van der Waals surface area contributed by atoms with Gasteiger partial charge in [-0.3, -0.25) is 4.79 Å². The van der Waals surface area contributed by atoms with Gasteiger partial charge in [0.1, 0.15) is 0 Å². The van der Waals surface area contributed by atoms with E-state index in [1.807, 2.05) is 0 Å². The van der Waals surface area contributed by atoms with Gasteiger partial charge in [0.05, 0.1) is 13.0 Å². The summed E-state index contributed by atoms with van der Waals surface area (Å²) < 4.78 is 5.05. The fourth-order valence-corrected chi connectivity index (χ4v) is 6.13. The minimum Gasteiger partial charge on any atom is -0.469 e.